The van der Waals surface area contributed by atoms with Gasteiger partial charge in [0.2, 0.25) is 0 Å². The molecule has 1 aliphatic heterocycles. The van der Waals surface area contributed by atoms with E-state index in [4.69, 9.17) is 0 Å². The molecule has 15 heavy (non-hydrogen) atoms. The van der Waals surface area contributed by atoms with E-state index in [1.807, 2.05) is 0 Å². The maximum atomic E-state index is 3.52. The van der Waals surface area contributed by atoms with Crippen LogP contribution in [0.5, 0.6) is 0 Å². The van der Waals surface area contributed by atoms with Gasteiger partial charge in [0.15, 0.2) is 0 Å². The minimum absolute atomic E-state index is 0.782. The summed E-state index contributed by atoms with van der Waals surface area (Å²) in [6.45, 7) is 1.16. The molecular formula is C14H19N. The molecule has 1 nitrogen and oxygen atoms in total. The molecule has 1 saturated carbocycles. The van der Waals surface area contributed by atoms with Crippen LogP contribution in [0.15, 0.2) is 24.3 Å². The highest BCUT2D eigenvalue weighted by Crippen LogP contribution is 2.39. The summed E-state index contributed by atoms with van der Waals surface area (Å²) in [6.07, 6.45) is 7.28. The van der Waals surface area contributed by atoms with Crippen LogP contribution in [0.3, 0.4) is 0 Å². The zero-order chi connectivity index (χ0) is 10.1. The van der Waals surface area contributed by atoms with Crippen LogP contribution in [0.25, 0.3) is 0 Å². The molecule has 1 N–H and O–H groups in total. The van der Waals surface area contributed by atoms with Crippen LogP contribution in [0.2, 0.25) is 0 Å². The topological polar surface area (TPSA) is 12.0 Å². The Labute approximate surface area is 91.9 Å². The summed E-state index contributed by atoms with van der Waals surface area (Å²) in [6, 6.07) is 8.82. The van der Waals surface area contributed by atoms with E-state index in [0.717, 1.165) is 18.4 Å². The van der Waals surface area contributed by atoms with E-state index in [9.17, 15) is 0 Å². The summed E-state index contributed by atoms with van der Waals surface area (Å²) in [7, 11) is 0. The Morgan fingerprint density at radius 1 is 1.13 bits per heavy atom. The van der Waals surface area contributed by atoms with Crippen molar-refractivity contribution in [2.24, 2.45) is 5.92 Å². The number of para-hydroxylation sites is 1. The molecule has 1 unspecified atom stereocenters. The van der Waals surface area contributed by atoms with Crippen LogP contribution < -0.4 is 5.32 Å². The van der Waals surface area contributed by atoms with Crippen molar-refractivity contribution in [3.63, 3.8) is 0 Å². The van der Waals surface area contributed by atoms with Gasteiger partial charge in [0.05, 0.1) is 0 Å². The van der Waals surface area contributed by atoms with Gasteiger partial charge in [-0.25, -0.2) is 0 Å². The Morgan fingerprint density at radius 2 is 1.93 bits per heavy atom. The first kappa shape index (κ1) is 9.26. The Morgan fingerprint density at radius 3 is 2.80 bits per heavy atom. The highest BCUT2D eigenvalue weighted by Gasteiger charge is 2.26. The minimum Gasteiger partial charge on any atom is -0.384 e. The number of hydrogen-bond donors (Lipinski definition) is 1. The van der Waals surface area contributed by atoms with Crippen LogP contribution >= 0.6 is 0 Å². The summed E-state index contributed by atoms with van der Waals surface area (Å²) >= 11 is 0. The van der Waals surface area contributed by atoms with E-state index in [0.29, 0.717) is 0 Å². The monoisotopic (exact) mass is 201 g/mol. The van der Waals surface area contributed by atoms with Crippen molar-refractivity contribution in [2.75, 3.05) is 11.9 Å². The van der Waals surface area contributed by atoms with Gasteiger partial charge >= 0.3 is 0 Å². The smallest absolute Gasteiger partial charge is 0.0376 e. The zero-order valence-corrected chi connectivity index (χ0v) is 9.21. The second-order valence-electron chi connectivity index (χ2n) is 5.05. The SMILES string of the molecule is c1ccc2c(c1)NCC2CC1CCCC1. The van der Waals surface area contributed by atoms with Crippen molar-refractivity contribution in [3.05, 3.63) is 29.8 Å². The maximum Gasteiger partial charge on any atom is 0.0376 e. The van der Waals surface area contributed by atoms with E-state index in [1.54, 1.807) is 5.56 Å². The van der Waals surface area contributed by atoms with Crippen LogP contribution in [-0.2, 0) is 0 Å². The molecule has 0 saturated heterocycles. The molecule has 3 rings (SSSR count). The van der Waals surface area contributed by atoms with Crippen LogP contribution in [0, 0.1) is 5.92 Å². The highest BCUT2D eigenvalue weighted by molar-refractivity contribution is 5.57. The molecule has 1 aromatic carbocycles. The Bertz CT molecular complexity index is 339. The van der Waals surface area contributed by atoms with Gasteiger partial charge < -0.3 is 5.32 Å². The second-order valence-corrected chi connectivity index (χ2v) is 5.05. The van der Waals surface area contributed by atoms with Crippen LogP contribution in [0.4, 0.5) is 5.69 Å². The van der Waals surface area contributed by atoms with Gasteiger partial charge in [-0.3, -0.25) is 0 Å². The van der Waals surface area contributed by atoms with Gasteiger partial charge in [0.1, 0.15) is 0 Å². The first-order chi connectivity index (χ1) is 7.43. The fraction of sp³-hybridized carbons (Fsp3) is 0.571. The lowest BCUT2D eigenvalue weighted by Crippen LogP contribution is -2.07. The first-order valence-electron chi connectivity index (χ1n) is 6.26. The molecule has 1 atom stereocenters. The molecule has 0 aromatic heterocycles. The summed E-state index contributed by atoms with van der Waals surface area (Å²) in [5, 5.41) is 3.52. The summed E-state index contributed by atoms with van der Waals surface area (Å²) in [5.41, 5.74) is 2.94. The van der Waals surface area contributed by atoms with E-state index in [-0.39, 0.29) is 0 Å². The second kappa shape index (κ2) is 3.88. The van der Waals surface area contributed by atoms with Crippen LogP contribution in [0.1, 0.15) is 43.6 Å². The van der Waals surface area contributed by atoms with Gasteiger partial charge in [-0.05, 0) is 24.0 Å². The molecule has 0 bridgehead atoms. The van der Waals surface area contributed by atoms with Crippen molar-refractivity contribution in [1.29, 1.82) is 0 Å². The lowest BCUT2D eigenvalue weighted by Gasteiger charge is -2.15. The van der Waals surface area contributed by atoms with E-state index in [2.05, 4.69) is 29.6 Å². The van der Waals surface area contributed by atoms with Crippen molar-refractivity contribution in [1.82, 2.24) is 0 Å². The molecule has 1 fully saturated rings. The standard InChI is InChI=1S/C14H19N/c1-2-6-11(5-1)9-12-10-15-14-8-4-3-7-13(12)14/h3-4,7-8,11-12,15H,1-2,5-6,9-10H2. The van der Waals surface area contributed by atoms with E-state index < -0.39 is 0 Å². The third-order valence-corrected chi connectivity index (χ3v) is 4.03. The summed E-state index contributed by atoms with van der Waals surface area (Å²) in [5.74, 6) is 1.78. The first-order valence-corrected chi connectivity index (χ1v) is 6.26. The number of hydrogen-bond acceptors (Lipinski definition) is 1. The minimum atomic E-state index is 0.782. The lowest BCUT2D eigenvalue weighted by molar-refractivity contribution is 0.460. The van der Waals surface area contributed by atoms with Gasteiger partial charge in [-0.15, -0.1) is 0 Å². The molecule has 1 heteroatoms. The third kappa shape index (κ3) is 1.75. The van der Waals surface area contributed by atoms with Gasteiger partial charge in [-0.2, -0.15) is 0 Å². The van der Waals surface area contributed by atoms with Gasteiger partial charge in [0.25, 0.3) is 0 Å². The molecule has 1 aliphatic carbocycles. The molecule has 1 aromatic rings. The van der Waals surface area contributed by atoms with Crippen molar-refractivity contribution in [2.45, 2.75) is 38.0 Å². The van der Waals surface area contributed by atoms with Gasteiger partial charge in [0, 0.05) is 18.2 Å². The largest absolute Gasteiger partial charge is 0.384 e. The Hall–Kier alpha value is -0.980. The fourth-order valence-electron chi connectivity index (χ4n) is 3.22. The van der Waals surface area contributed by atoms with Crippen molar-refractivity contribution >= 4 is 5.69 Å². The molecule has 0 spiro atoms. The van der Waals surface area contributed by atoms with Crippen molar-refractivity contribution in [3.8, 4) is 0 Å². The molecule has 80 valence electrons. The molecular weight excluding hydrogens is 182 g/mol. The third-order valence-electron chi connectivity index (χ3n) is 4.03. The number of nitrogens with one attached hydrogen (secondary N) is 1. The Kier molecular flexibility index (Phi) is 2.40. The number of anilines is 1. The van der Waals surface area contributed by atoms with E-state index in [1.165, 1.54) is 37.8 Å². The quantitative estimate of drug-likeness (QED) is 0.768. The lowest BCUT2D eigenvalue weighted by atomic mass is 9.89. The molecule has 0 amide bonds. The van der Waals surface area contributed by atoms with Gasteiger partial charge in [-0.1, -0.05) is 43.9 Å². The fourth-order valence-corrected chi connectivity index (χ4v) is 3.22. The molecule has 0 radical (unpaired) electrons. The Balaban J connectivity index is 1.73. The summed E-state index contributed by atoms with van der Waals surface area (Å²) in [4.78, 5) is 0. The normalized spacial score (nSPS) is 25.2. The molecule has 2 aliphatic rings. The maximum absolute atomic E-state index is 3.52. The predicted octanol–water partition coefficient (Wildman–Crippen LogP) is 3.78. The predicted molar refractivity (Wildman–Crippen MR) is 64.2 cm³/mol. The average molecular weight is 201 g/mol. The highest BCUT2D eigenvalue weighted by atomic mass is 14.9. The summed E-state index contributed by atoms with van der Waals surface area (Å²) < 4.78 is 0. The number of benzene rings is 1. The van der Waals surface area contributed by atoms with E-state index >= 15 is 0 Å². The number of rotatable bonds is 2. The number of fused-ring (bicyclic) bond motifs is 1. The molecule has 1 heterocycles. The van der Waals surface area contributed by atoms with Crippen LogP contribution in [-0.4, -0.2) is 6.54 Å². The van der Waals surface area contributed by atoms with Crippen molar-refractivity contribution < 1.29 is 0 Å². The average Bonchev–Trinajstić information content (AvgIpc) is 2.89. The zero-order valence-electron chi connectivity index (χ0n) is 9.21.